The van der Waals surface area contributed by atoms with Crippen molar-refractivity contribution in [3.05, 3.63) is 0 Å². The van der Waals surface area contributed by atoms with Crippen molar-refractivity contribution in [2.24, 2.45) is 5.92 Å². The van der Waals surface area contributed by atoms with Crippen molar-refractivity contribution in [1.29, 1.82) is 0 Å². The molecule has 1 saturated carbocycles. The average molecular weight is 238 g/mol. The second kappa shape index (κ2) is 7.38. The average Bonchev–Trinajstić information content (AvgIpc) is 2.39. The monoisotopic (exact) mass is 238 g/mol. The summed E-state index contributed by atoms with van der Waals surface area (Å²) in [6.45, 7) is 7.41. The van der Waals surface area contributed by atoms with Gasteiger partial charge in [0.25, 0.3) is 0 Å². The van der Waals surface area contributed by atoms with Crippen LogP contribution < -0.4 is 5.32 Å². The first kappa shape index (κ1) is 13.4. The normalized spacial score (nSPS) is 28.4. The molecule has 0 radical (unpaired) electrons. The summed E-state index contributed by atoms with van der Waals surface area (Å²) in [6, 6.07) is 0.764. The first-order valence-corrected chi connectivity index (χ1v) is 7.84. The highest BCUT2D eigenvalue weighted by Crippen LogP contribution is 2.26. The van der Waals surface area contributed by atoms with E-state index in [1.54, 1.807) is 0 Å². The van der Waals surface area contributed by atoms with Gasteiger partial charge in [-0.25, -0.2) is 0 Å². The van der Waals surface area contributed by atoms with Crippen LogP contribution in [0.3, 0.4) is 0 Å². The van der Waals surface area contributed by atoms with E-state index in [2.05, 4.69) is 17.1 Å². The fourth-order valence-electron chi connectivity index (χ4n) is 3.48. The minimum atomic E-state index is 0.764. The molecule has 1 heterocycles. The third-order valence-electron chi connectivity index (χ3n) is 4.56. The van der Waals surface area contributed by atoms with Crippen molar-refractivity contribution < 1.29 is 0 Å². The first-order chi connectivity index (χ1) is 8.38. The number of hydrogen-bond donors (Lipinski definition) is 1. The van der Waals surface area contributed by atoms with Crippen LogP contribution in [-0.4, -0.2) is 37.1 Å². The first-order valence-electron chi connectivity index (χ1n) is 7.84. The Morgan fingerprint density at radius 2 is 1.94 bits per heavy atom. The molecule has 1 saturated heterocycles. The van der Waals surface area contributed by atoms with E-state index in [0.29, 0.717) is 0 Å². The molecule has 1 unspecified atom stereocenters. The van der Waals surface area contributed by atoms with Crippen molar-refractivity contribution in [2.75, 3.05) is 26.2 Å². The molecule has 1 aliphatic heterocycles. The summed E-state index contributed by atoms with van der Waals surface area (Å²) in [5.74, 6) is 1.04. The van der Waals surface area contributed by atoms with Gasteiger partial charge in [-0.2, -0.15) is 0 Å². The number of nitrogens with one attached hydrogen (secondary N) is 1. The van der Waals surface area contributed by atoms with Crippen molar-refractivity contribution in [2.45, 2.75) is 64.3 Å². The van der Waals surface area contributed by atoms with Crippen LogP contribution in [0, 0.1) is 5.92 Å². The summed E-state index contributed by atoms with van der Waals surface area (Å²) in [4.78, 5) is 2.70. The van der Waals surface area contributed by atoms with Gasteiger partial charge in [0.2, 0.25) is 0 Å². The van der Waals surface area contributed by atoms with E-state index < -0.39 is 0 Å². The van der Waals surface area contributed by atoms with E-state index in [-0.39, 0.29) is 0 Å². The Kier molecular flexibility index (Phi) is 5.79. The van der Waals surface area contributed by atoms with Crippen molar-refractivity contribution in [3.63, 3.8) is 0 Å². The molecular weight excluding hydrogens is 208 g/mol. The molecule has 2 aliphatic rings. The molecule has 0 amide bonds. The minimum Gasteiger partial charge on any atom is -0.311 e. The standard InChI is InChI=1S/C15H30N2/c1-2-6-15-13-17(12-10-16-15)11-9-14-7-4-3-5-8-14/h14-16H,2-13H2,1H3. The summed E-state index contributed by atoms with van der Waals surface area (Å²) >= 11 is 0. The minimum absolute atomic E-state index is 0.764. The van der Waals surface area contributed by atoms with E-state index in [1.165, 1.54) is 77.5 Å². The fourth-order valence-corrected chi connectivity index (χ4v) is 3.48. The Labute approximate surface area is 107 Å². The molecule has 0 aromatic rings. The summed E-state index contributed by atoms with van der Waals surface area (Å²) in [5, 5.41) is 3.65. The molecule has 1 N–H and O–H groups in total. The second-order valence-electron chi connectivity index (χ2n) is 6.03. The topological polar surface area (TPSA) is 15.3 Å². The zero-order valence-electron chi connectivity index (χ0n) is 11.6. The maximum absolute atomic E-state index is 3.65. The van der Waals surface area contributed by atoms with E-state index >= 15 is 0 Å². The third kappa shape index (κ3) is 4.59. The smallest absolute Gasteiger partial charge is 0.0195 e. The Morgan fingerprint density at radius 1 is 1.12 bits per heavy atom. The van der Waals surface area contributed by atoms with Crippen molar-refractivity contribution in [1.82, 2.24) is 10.2 Å². The van der Waals surface area contributed by atoms with Gasteiger partial charge in [0, 0.05) is 25.7 Å². The third-order valence-corrected chi connectivity index (χ3v) is 4.56. The maximum atomic E-state index is 3.65. The molecule has 1 atom stereocenters. The van der Waals surface area contributed by atoms with Gasteiger partial charge >= 0.3 is 0 Å². The van der Waals surface area contributed by atoms with E-state index in [9.17, 15) is 0 Å². The molecule has 2 heteroatoms. The molecule has 1 aliphatic carbocycles. The zero-order chi connectivity index (χ0) is 11.9. The Bertz CT molecular complexity index is 197. The molecule has 2 rings (SSSR count). The molecule has 0 aromatic heterocycles. The zero-order valence-corrected chi connectivity index (χ0v) is 11.6. The van der Waals surface area contributed by atoms with E-state index in [4.69, 9.17) is 0 Å². The predicted octanol–water partition coefficient (Wildman–Crippen LogP) is 3.03. The molecule has 0 spiro atoms. The van der Waals surface area contributed by atoms with Crippen LogP contribution >= 0.6 is 0 Å². The van der Waals surface area contributed by atoms with Crippen LogP contribution in [0.4, 0.5) is 0 Å². The van der Waals surface area contributed by atoms with Crippen LogP contribution in [0.5, 0.6) is 0 Å². The SMILES string of the molecule is CCCC1CN(CCC2CCCCC2)CCN1. The molecule has 2 fully saturated rings. The van der Waals surface area contributed by atoms with Crippen LogP contribution in [0.1, 0.15) is 58.3 Å². The predicted molar refractivity (Wildman–Crippen MR) is 74.3 cm³/mol. The largest absolute Gasteiger partial charge is 0.311 e. The van der Waals surface area contributed by atoms with Crippen LogP contribution in [-0.2, 0) is 0 Å². The highest BCUT2D eigenvalue weighted by molar-refractivity contribution is 4.79. The lowest BCUT2D eigenvalue weighted by Crippen LogP contribution is -2.50. The Morgan fingerprint density at radius 3 is 2.71 bits per heavy atom. The molecule has 2 nitrogen and oxygen atoms in total. The van der Waals surface area contributed by atoms with E-state index in [1.807, 2.05) is 0 Å². The number of rotatable bonds is 5. The van der Waals surface area contributed by atoms with Crippen LogP contribution in [0.15, 0.2) is 0 Å². The highest BCUT2D eigenvalue weighted by Gasteiger charge is 2.20. The quantitative estimate of drug-likeness (QED) is 0.792. The summed E-state index contributed by atoms with van der Waals surface area (Å²) < 4.78 is 0. The van der Waals surface area contributed by atoms with Gasteiger partial charge in [-0.1, -0.05) is 45.4 Å². The lowest BCUT2D eigenvalue weighted by Gasteiger charge is -2.35. The molecular formula is C15H30N2. The lowest BCUT2D eigenvalue weighted by molar-refractivity contribution is 0.175. The summed E-state index contributed by atoms with van der Waals surface area (Å²) in [6.07, 6.45) is 11.6. The molecule has 0 bridgehead atoms. The Hall–Kier alpha value is -0.0800. The van der Waals surface area contributed by atoms with Crippen LogP contribution in [0.25, 0.3) is 0 Å². The molecule has 100 valence electrons. The van der Waals surface area contributed by atoms with Crippen LogP contribution in [0.2, 0.25) is 0 Å². The molecule has 17 heavy (non-hydrogen) atoms. The Balaban J connectivity index is 1.64. The van der Waals surface area contributed by atoms with Gasteiger partial charge in [0.05, 0.1) is 0 Å². The number of piperazine rings is 1. The number of hydrogen-bond acceptors (Lipinski definition) is 2. The van der Waals surface area contributed by atoms with Gasteiger partial charge in [-0.05, 0) is 25.3 Å². The van der Waals surface area contributed by atoms with Crippen molar-refractivity contribution in [3.8, 4) is 0 Å². The summed E-state index contributed by atoms with van der Waals surface area (Å²) in [5.41, 5.74) is 0. The highest BCUT2D eigenvalue weighted by atomic mass is 15.2. The van der Waals surface area contributed by atoms with E-state index in [0.717, 1.165) is 12.0 Å². The van der Waals surface area contributed by atoms with Gasteiger partial charge < -0.3 is 10.2 Å². The van der Waals surface area contributed by atoms with Gasteiger partial charge in [-0.3, -0.25) is 0 Å². The van der Waals surface area contributed by atoms with Gasteiger partial charge in [0.15, 0.2) is 0 Å². The molecule has 0 aromatic carbocycles. The van der Waals surface area contributed by atoms with Crippen molar-refractivity contribution >= 4 is 0 Å². The van der Waals surface area contributed by atoms with Gasteiger partial charge in [0.1, 0.15) is 0 Å². The maximum Gasteiger partial charge on any atom is 0.0195 e. The van der Waals surface area contributed by atoms with Gasteiger partial charge in [-0.15, -0.1) is 0 Å². The fraction of sp³-hybridized carbons (Fsp3) is 1.00. The lowest BCUT2D eigenvalue weighted by atomic mass is 9.87. The summed E-state index contributed by atoms with van der Waals surface area (Å²) in [7, 11) is 0. The second-order valence-corrected chi connectivity index (χ2v) is 6.03. The number of nitrogens with zero attached hydrogens (tertiary/aromatic N) is 1.